The van der Waals surface area contributed by atoms with E-state index < -0.39 is 0 Å². The van der Waals surface area contributed by atoms with Crippen molar-refractivity contribution in [3.63, 3.8) is 0 Å². The van der Waals surface area contributed by atoms with Gasteiger partial charge in [0.2, 0.25) is 0 Å². The van der Waals surface area contributed by atoms with E-state index in [2.05, 4.69) is 27.0 Å². The Labute approximate surface area is 115 Å². The number of rotatable bonds is 2. The maximum atomic E-state index is 9.32. The molecule has 0 saturated heterocycles. The molecule has 0 fully saturated rings. The van der Waals surface area contributed by atoms with Gasteiger partial charge in [-0.25, -0.2) is 4.99 Å². The second-order valence-electron chi connectivity index (χ2n) is 4.10. The quantitative estimate of drug-likeness (QED) is 0.627. The van der Waals surface area contributed by atoms with Gasteiger partial charge in [0.15, 0.2) is 0 Å². The molecule has 0 unspecified atom stereocenters. The summed E-state index contributed by atoms with van der Waals surface area (Å²) in [6.45, 7) is 0. The third kappa shape index (κ3) is 2.22. The molecule has 0 aliphatic heterocycles. The maximum Gasteiger partial charge on any atom is 0.102 e. The first-order valence-electron chi connectivity index (χ1n) is 5.46. The van der Waals surface area contributed by atoms with Crippen molar-refractivity contribution in [2.24, 2.45) is 4.99 Å². The van der Waals surface area contributed by atoms with E-state index in [1.54, 1.807) is 6.34 Å². The van der Waals surface area contributed by atoms with Crippen molar-refractivity contribution in [2.75, 3.05) is 14.1 Å². The van der Waals surface area contributed by atoms with Crippen LogP contribution in [0.5, 0.6) is 0 Å². The molecule has 0 amide bonds. The van der Waals surface area contributed by atoms with Gasteiger partial charge in [0.05, 0.1) is 22.1 Å². The third-order valence-corrected chi connectivity index (χ3v) is 3.32. The second-order valence-corrected chi connectivity index (χ2v) is 4.89. The highest BCUT2D eigenvalue weighted by atomic mass is 79.9. The molecule has 4 heteroatoms. The first-order valence-corrected chi connectivity index (χ1v) is 6.25. The van der Waals surface area contributed by atoms with Gasteiger partial charge in [-0.15, -0.1) is 0 Å². The predicted molar refractivity (Wildman–Crippen MR) is 77.3 cm³/mol. The molecule has 90 valence electrons. The minimum Gasteiger partial charge on any atom is -0.369 e. The van der Waals surface area contributed by atoms with Crippen LogP contribution in [0.1, 0.15) is 5.56 Å². The summed E-state index contributed by atoms with van der Waals surface area (Å²) >= 11 is 3.53. The van der Waals surface area contributed by atoms with Gasteiger partial charge in [-0.3, -0.25) is 0 Å². The van der Waals surface area contributed by atoms with Crippen molar-refractivity contribution in [1.82, 2.24) is 4.90 Å². The van der Waals surface area contributed by atoms with Crippen molar-refractivity contribution in [3.05, 3.63) is 40.4 Å². The van der Waals surface area contributed by atoms with Crippen molar-refractivity contribution < 1.29 is 0 Å². The topological polar surface area (TPSA) is 39.4 Å². The highest BCUT2D eigenvalue weighted by molar-refractivity contribution is 9.10. The zero-order chi connectivity index (χ0) is 13.1. The number of aliphatic imine (C=N–C) groups is 1. The largest absolute Gasteiger partial charge is 0.369 e. The van der Waals surface area contributed by atoms with E-state index in [0.29, 0.717) is 11.3 Å². The van der Waals surface area contributed by atoms with Gasteiger partial charge in [-0.1, -0.05) is 30.3 Å². The van der Waals surface area contributed by atoms with E-state index in [4.69, 9.17) is 0 Å². The molecular formula is C14H12BrN3. The normalized spacial score (nSPS) is 10.8. The summed E-state index contributed by atoms with van der Waals surface area (Å²) in [6, 6.07) is 12.0. The fraction of sp³-hybridized carbons (Fsp3) is 0.143. The van der Waals surface area contributed by atoms with Gasteiger partial charge < -0.3 is 4.90 Å². The SMILES string of the molecule is CN(C)C=Nc1c(Br)c2cccccc-2c1C#N. The summed E-state index contributed by atoms with van der Waals surface area (Å²) in [5, 5.41) is 9.32. The molecule has 0 atom stereocenters. The summed E-state index contributed by atoms with van der Waals surface area (Å²) in [4.78, 5) is 6.20. The minimum absolute atomic E-state index is 0.603. The smallest absolute Gasteiger partial charge is 0.102 e. The van der Waals surface area contributed by atoms with Gasteiger partial charge in [-0.2, -0.15) is 5.26 Å². The first-order chi connectivity index (χ1) is 8.65. The molecule has 0 N–H and O–H groups in total. The van der Waals surface area contributed by atoms with Crippen molar-refractivity contribution in [1.29, 1.82) is 5.26 Å². The molecule has 2 aliphatic rings. The Balaban J connectivity index is 2.70. The minimum atomic E-state index is 0.603. The standard InChI is InChI=1S/C14H12BrN3/c1-18(2)9-17-14-12(8-16)10-6-4-3-5-7-11(10)13(14)15/h3-7,9H,1-2H3. The van der Waals surface area contributed by atoms with Crippen LogP contribution in [0.2, 0.25) is 0 Å². The van der Waals surface area contributed by atoms with Crippen LogP contribution in [0, 0.1) is 11.3 Å². The molecule has 0 bridgehead atoms. The number of fused-ring (bicyclic) bond motifs is 1. The summed E-state index contributed by atoms with van der Waals surface area (Å²) in [5.74, 6) is 0. The first kappa shape index (κ1) is 12.6. The molecule has 2 aliphatic carbocycles. The van der Waals surface area contributed by atoms with Gasteiger partial charge in [-0.05, 0) is 21.5 Å². The average molecular weight is 302 g/mol. The van der Waals surface area contributed by atoms with Gasteiger partial charge in [0.25, 0.3) is 0 Å². The Bertz CT molecular complexity index is 611. The molecule has 0 aromatic heterocycles. The molecule has 0 heterocycles. The number of halogens is 1. The van der Waals surface area contributed by atoms with E-state index in [0.717, 1.165) is 15.6 Å². The van der Waals surface area contributed by atoms with Crippen molar-refractivity contribution >= 4 is 28.0 Å². The zero-order valence-corrected chi connectivity index (χ0v) is 11.8. The van der Waals surface area contributed by atoms with Crippen molar-refractivity contribution in [3.8, 4) is 17.2 Å². The molecule has 0 saturated carbocycles. The summed E-state index contributed by atoms with van der Waals surface area (Å²) < 4.78 is 0.864. The van der Waals surface area contributed by atoms with Crippen LogP contribution in [0.15, 0.2) is 39.8 Å². The van der Waals surface area contributed by atoms with Crippen molar-refractivity contribution in [2.45, 2.75) is 0 Å². The molecule has 3 nitrogen and oxygen atoms in total. The van der Waals surface area contributed by atoms with Crippen LogP contribution in [0.4, 0.5) is 5.69 Å². The lowest BCUT2D eigenvalue weighted by atomic mass is 10.1. The highest BCUT2D eigenvalue weighted by Gasteiger charge is 2.20. The van der Waals surface area contributed by atoms with Gasteiger partial charge in [0, 0.05) is 19.7 Å². The monoisotopic (exact) mass is 301 g/mol. The molecule has 0 radical (unpaired) electrons. The summed E-state index contributed by atoms with van der Waals surface area (Å²) in [5.41, 5.74) is 3.21. The maximum absolute atomic E-state index is 9.32. The number of hydrogen-bond acceptors (Lipinski definition) is 2. The Hall–Kier alpha value is -1.86. The molecular weight excluding hydrogens is 290 g/mol. The van der Waals surface area contributed by atoms with Crippen LogP contribution in [-0.4, -0.2) is 25.3 Å². The average Bonchev–Trinajstić information content (AvgIpc) is 2.52. The lowest BCUT2D eigenvalue weighted by Crippen LogP contribution is -2.06. The Morgan fingerprint density at radius 1 is 1.22 bits per heavy atom. The highest BCUT2D eigenvalue weighted by Crippen LogP contribution is 2.44. The number of nitriles is 1. The van der Waals surface area contributed by atoms with E-state index in [1.165, 1.54) is 0 Å². The van der Waals surface area contributed by atoms with E-state index in [1.807, 2.05) is 49.3 Å². The number of hydrogen-bond donors (Lipinski definition) is 0. The predicted octanol–water partition coefficient (Wildman–Crippen LogP) is 3.65. The van der Waals surface area contributed by atoms with Crippen LogP contribution >= 0.6 is 15.9 Å². The second kappa shape index (κ2) is 5.19. The zero-order valence-electron chi connectivity index (χ0n) is 10.2. The Morgan fingerprint density at radius 2 is 1.89 bits per heavy atom. The van der Waals surface area contributed by atoms with E-state index in [9.17, 15) is 5.26 Å². The molecule has 2 rings (SSSR count). The lowest BCUT2D eigenvalue weighted by molar-refractivity contribution is 0.643. The molecule has 0 aromatic carbocycles. The van der Waals surface area contributed by atoms with Gasteiger partial charge >= 0.3 is 0 Å². The fourth-order valence-electron chi connectivity index (χ4n) is 1.73. The Morgan fingerprint density at radius 3 is 2.50 bits per heavy atom. The molecule has 18 heavy (non-hydrogen) atoms. The van der Waals surface area contributed by atoms with E-state index >= 15 is 0 Å². The third-order valence-electron chi connectivity index (χ3n) is 2.52. The molecule has 0 aromatic rings. The molecule has 0 spiro atoms. The van der Waals surface area contributed by atoms with Crippen LogP contribution in [-0.2, 0) is 0 Å². The van der Waals surface area contributed by atoms with Gasteiger partial charge in [0.1, 0.15) is 6.07 Å². The van der Waals surface area contributed by atoms with Crippen LogP contribution in [0.25, 0.3) is 11.1 Å². The fourth-order valence-corrected chi connectivity index (χ4v) is 2.38. The van der Waals surface area contributed by atoms with Crippen LogP contribution in [0.3, 0.4) is 0 Å². The lowest BCUT2D eigenvalue weighted by Gasteiger charge is -2.01. The van der Waals surface area contributed by atoms with Crippen LogP contribution < -0.4 is 0 Å². The summed E-state index contributed by atoms with van der Waals surface area (Å²) in [7, 11) is 3.79. The Kier molecular flexibility index (Phi) is 3.63. The summed E-state index contributed by atoms with van der Waals surface area (Å²) in [6.07, 6.45) is 1.69. The van der Waals surface area contributed by atoms with E-state index in [-0.39, 0.29) is 0 Å². The number of nitrogens with zero attached hydrogens (tertiary/aromatic N) is 3.